The molecular formula is C18H18ClFN4O2. The van der Waals surface area contributed by atoms with Crippen molar-refractivity contribution < 1.29 is 14.0 Å². The minimum Gasteiger partial charge on any atom is -0.352 e. The van der Waals surface area contributed by atoms with E-state index in [4.69, 9.17) is 17.3 Å². The second-order valence-corrected chi connectivity index (χ2v) is 6.29. The van der Waals surface area contributed by atoms with Gasteiger partial charge in [0.05, 0.1) is 10.7 Å². The minimum absolute atomic E-state index is 0.212. The van der Waals surface area contributed by atoms with Gasteiger partial charge in [0.25, 0.3) is 5.91 Å². The first-order chi connectivity index (χ1) is 12.5. The number of anilines is 1. The number of nitrogens with two attached hydrogens (primary N) is 1. The van der Waals surface area contributed by atoms with E-state index in [0.717, 1.165) is 6.42 Å². The third-order valence-corrected chi connectivity index (χ3v) is 4.44. The van der Waals surface area contributed by atoms with Gasteiger partial charge in [-0.1, -0.05) is 41.9 Å². The number of hydrazine groups is 1. The van der Waals surface area contributed by atoms with Crippen molar-refractivity contribution in [2.45, 2.75) is 12.5 Å². The zero-order valence-corrected chi connectivity index (χ0v) is 14.6. The van der Waals surface area contributed by atoms with E-state index in [9.17, 15) is 14.0 Å². The third kappa shape index (κ3) is 3.72. The van der Waals surface area contributed by atoms with Crippen molar-refractivity contribution in [3.63, 3.8) is 0 Å². The Morgan fingerprint density at radius 1 is 1.15 bits per heavy atom. The highest BCUT2D eigenvalue weighted by Crippen LogP contribution is 2.31. The predicted molar refractivity (Wildman–Crippen MR) is 97.0 cm³/mol. The number of carbonyl (C=O) groups is 2. The molecule has 136 valence electrons. The van der Waals surface area contributed by atoms with Crippen molar-refractivity contribution in [2.24, 2.45) is 5.73 Å². The number of hydrogen-bond acceptors (Lipinski definition) is 3. The lowest BCUT2D eigenvalue weighted by Gasteiger charge is -2.33. The average molecular weight is 377 g/mol. The summed E-state index contributed by atoms with van der Waals surface area (Å²) >= 11 is 6.15. The Labute approximate surface area is 155 Å². The van der Waals surface area contributed by atoms with Crippen LogP contribution in [0, 0.1) is 5.82 Å². The van der Waals surface area contributed by atoms with Crippen LogP contribution in [0.15, 0.2) is 48.5 Å². The highest BCUT2D eigenvalue weighted by atomic mass is 35.5. The number of rotatable bonds is 4. The largest absolute Gasteiger partial charge is 0.352 e. The Bertz CT molecular complexity index is 818. The van der Waals surface area contributed by atoms with Gasteiger partial charge in [-0.15, -0.1) is 0 Å². The van der Waals surface area contributed by atoms with Crippen molar-refractivity contribution in [2.75, 3.05) is 18.1 Å². The van der Waals surface area contributed by atoms with Gasteiger partial charge >= 0.3 is 6.03 Å². The molecule has 26 heavy (non-hydrogen) atoms. The van der Waals surface area contributed by atoms with Crippen LogP contribution in [-0.2, 0) is 4.79 Å². The molecule has 1 saturated heterocycles. The number of hydrogen-bond donors (Lipinski definition) is 2. The van der Waals surface area contributed by atoms with Crippen LogP contribution in [0.25, 0.3) is 0 Å². The van der Waals surface area contributed by atoms with Crippen LogP contribution in [-0.4, -0.2) is 30.0 Å². The van der Waals surface area contributed by atoms with Gasteiger partial charge in [0, 0.05) is 13.1 Å². The maximum atomic E-state index is 13.3. The molecule has 0 bridgehead atoms. The number of nitrogens with zero attached hydrogens (tertiary/aromatic N) is 2. The van der Waals surface area contributed by atoms with E-state index in [1.54, 1.807) is 29.3 Å². The van der Waals surface area contributed by atoms with E-state index in [1.807, 2.05) is 6.07 Å². The Hall–Kier alpha value is -2.80. The Kier molecular flexibility index (Phi) is 5.27. The van der Waals surface area contributed by atoms with Crippen LogP contribution < -0.4 is 16.1 Å². The van der Waals surface area contributed by atoms with Crippen LogP contribution in [0.4, 0.5) is 14.9 Å². The van der Waals surface area contributed by atoms with Crippen LogP contribution in [0.1, 0.15) is 18.0 Å². The summed E-state index contributed by atoms with van der Waals surface area (Å²) in [6, 6.07) is 11.2. The summed E-state index contributed by atoms with van der Waals surface area (Å²) in [5, 5.41) is 5.91. The van der Waals surface area contributed by atoms with Gasteiger partial charge in [-0.2, -0.15) is 0 Å². The van der Waals surface area contributed by atoms with Crippen molar-refractivity contribution in [3.8, 4) is 0 Å². The van der Waals surface area contributed by atoms with Gasteiger partial charge in [0.15, 0.2) is 0 Å². The van der Waals surface area contributed by atoms with E-state index >= 15 is 0 Å². The fourth-order valence-corrected chi connectivity index (χ4v) is 3.27. The zero-order chi connectivity index (χ0) is 18.7. The van der Waals surface area contributed by atoms with Gasteiger partial charge < -0.3 is 11.1 Å². The molecule has 1 aliphatic heterocycles. The topological polar surface area (TPSA) is 78.7 Å². The van der Waals surface area contributed by atoms with E-state index in [0.29, 0.717) is 24.3 Å². The molecule has 2 aromatic rings. The summed E-state index contributed by atoms with van der Waals surface area (Å²) in [6.45, 7) is 1.01. The molecule has 1 heterocycles. The van der Waals surface area contributed by atoms with E-state index < -0.39 is 17.9 Å². The van der Waals surface area contributed by atoms with Crippen molar-refractivity contribution >= 4 is 29.2 Å². The molecule has 1 aliphatic rings. The smallest absolute Gasteiger partial charge is 0.313 e. The number of halogens is 2. The van der Waals surface area contributed by atoms with Gasteiger partial charge in [-0.05, 0) is 30.2 Å². The molecular weight excluding hydrogens is 359 g/mol. The number of primary amides is 1. The first-order valence-electron chi connectivity index (χ1n) is 8.12. The lowest BCUT2D eigenvalue weighted by Crippen LogP contribution is -2.49. The molecule has 2 aromatic carbocycles. The molecule has 0 saturated carbocycles. The van der Waals surface area contributed by atoms with E-state index in [2.05, 4.69) is 5.32 Å². The number of urea groups is 1. The van der Waals surface area contributed by atoms with Gasteiger partial charge in [-0.3, -0.25) is 14.8 Å². The van der Waals surface area contributed by atoms with Crippen molar-refractivity contribution in [1.29, 1.82) is 0 Å². The maximum absolute atomic E-state index is 13.3. The van der Waals surface area contributed by atoms with E-state index in [-0.39, 0.29) is 10.9 Å². The molecule has 3 rings (SSSR count). The number of carbonyl (C=O) groups excluding carboxylic acids is 2. The SMILES string of the molecule is NC(=O)N[C@H](C(=O)N1CCCN1c1ccc(F)cc1Cl)c1ccccc1. The van der Waals surface area contributed by atoms with Gasteiger partial charge in [0.1, 0.15) is 11.9 Å². The van der Waals surface area contributed by atoms with Crippen LogP contribution >= 0.6 is 11.6 Å². The van der Waals surface area contributed by atoms with E-state index in [1.165, 1.54) is 23.2 Å². The molecule has 0 radical (unpaired) electrons. The van der Waals surface area contributed by atoms with Crippen LogP contribution in [0.5, 0.6) is 0 Å². The summed E-state index contributed by atoms with van der Waals surface area (Å²) < 4.78 is 13.3. The number of benzene rings is 2. The summed E-state index contributed by atoms with van der Waals surface area (Å²) in [4.78, 5) is 24.5. The molecule has 1 atom stereocenters. The molecule has 6 nitrogen and oxygen atoms in total. The second-order valence-electron chi connectivity index (χ2n) is 5.89. The molecule has 3 amide bonds. The lowest BCUT2D eigenvalue weighted by molar-refractivity contribution is -0.132. The summed E-state index contributed by atoms with van der Waals surface area (Å²) in [5.74, 6) is -0.790. The standard InChI is InChI=1S/C18H18ClFN4O2/c19-14-11-13(20)7-8-15(14)23-9-4-10-24(23)17(25)16(22-18(21)26)12-5-2-1-3-6-12/h1-3,5-8,11,16H,4,9-10H2,(H3,21,22,26)/t16-/m0/s1. The molecule has 8 heteroatoms. The Balaban J connectivity index is 1.91. The lowest BCUT2D eigenvalue weighted by atomic mass is 10.1. The zero-order valence-electron chi connectivity index (χ0n) is 13.9. The molecule has 0 spiro atoms. The number of nitrogens with one attached hydrogen (secondary N) is 1. The van der Waals surface area contributed by atoms with Gasteiger partial charge in [0.2, 0.25) is 0 Å². The van der Waals surface area contributed by atoms with Gasteiger partial charge in [-0.25, -0.2) is 9.18 Å². The third-order valence-electron chi connectivity index (χ3n) is 4.14. The highest BCUT2D eigenvalue weighted by molar-refractivity contribution is 6.33. The molecule has 3 N–H and O–H groups in total. The fraction of sp³-hybridized carbons (Fsp3) is 0.222. The second kappa shape index (κ2) is 7.61. The maximum Gasteiger partial charge on any atom is 0.313 e. The van der Waals surface area contributed by atoms with Crippen LogP contribution in [0.2, 0.25) is 5.02 Å². The molecule has 0 aliphatic carbocycles. The van der Waals surface area contributed by atoms with Crippen molar-refractivity contribution in [1.82, 2.24) is 10.3 Å². The molecule has 1 fully saturated rings. The Morgan fingerprint density at radius 2 is 1.88 bits per heavy atom. The normalized spacial score (nSPS) is 15.0. The average Bonchev–Trinajstić information content (AvgIpc) is 3.09. The summed E-state index contributed by atoms with van der Waals surface area (Å²) in [7, 11) is 0. The molecule has 0 unspecified atom stereocenters. The summed E-state index contributed by atoms with van der Waals surface area (Å²) in [5.41, 5.74) is 6.41. The first-order valence-corrected chi connectivity index (χ1v) is 8.50. The highest BCUT2D eigenvalue weighted by Gasteiger charge is 2.34. The molecule has 0 aromatic heterocycles. The quantitative estimate of drug-likeness (QED) is 0.861. The van der Waals surface area contributed by atoms with Crippen LogP contribution in [0.3, 0.4) is 0 Å². The minimum atomic E-state index is -0.923. The van der Waals surface area contributed by atoms with Crippen molar-refractivity contribution in [3.05, 3.63) is 64.9 Å². The number of amides is 3. The Morgan fingerprint density at radius 3 is 2.54 bits per heavy atom. The fourth-order valence-electron chi connectivity index (χ4n) is 3.01. The first kappa shape index (κ1) is 18.0. The summed E-state index contributed by atoms with van der Waals surface area (Å²) in [6.07, 6.45) is 0.720. The monoisotopic (exact) mass is 376 g/mol. The predicted octanol–water partition coefficient (Wildman–Crippen LogP) is 2.84.